The van der Waals surface area contributed by atoms with E-state index in [1.807, 2.05) is 12.2 Å². The third-order valence-corrected chi connectivity index (χ3v) is 2.10. The first-order valence-corrected chi connectivity index (χ1v) is 3.32. The van der Waals surface area contributed by atoms with E-state index in [0.717, 1.165) is 0 Å². The fraction of sp³-hybridized carbons (Fsp3) is 0.571. The zero-order valence-electron chi connectivity index (χ0n) is 5.36. The maximum Gasteiger partial charge on any atom is 0.313 e. The SMILES string of the molecule is O=C1O[C@H](CO)[C@@H]2C=C[C@H]12. The first-order chi connectivity index (χ1) is 4.83. The van der Waals surface area contributed by atoms with Crippen molar-refractivity contribution >= 4 is 5.97 Å². The molecule has 0 spiro atoms. The van der Waals surface area contributed by atoms with Gasteiger partial charge in [-0.05, 0) is 0 Å². The first kappa shape index (κ1) is 5.92. The summed E-state index contributed by atoms with van der Waals surface area (Å²) in [6, 6.07) is 0. The number of aliphatic hydroxyl groups is 1. The molecule has 1 fully saturated rings. The van der Waals surface area contributed by atoms with Gasteiger partial charge in [-0.15, -0.1) is 0 Å². The normalized spacial score (nSPS) is 42.5. The van der Waals surface area contributed by atoms with Gasteiger partial charge in [-0.2, -0.15) is 0 Å². The van der Waals surface area contributed by atoms with Crippen molar-refractivity contribution in [3.05, 3.63) is 12.2 Å². The Morgan fingerprint density at radius 2 is 2.40 bits per heavy atom. The molecule has 0 saturated carbocycles. The lowest BCUT2D eigenvalue weighted by Crippen LogP contribution is -2.26. The molecule has 0 aromatic carbocycles. The fourth-order valence-electron chi connectivity index (χ4n) is 1.41. The van der Waals surface area contributed by atoms with Crippen LogP contribution in [0.2, 0.25) is 0 Å². The minimum absolute atomic E-state index is 0.0582. The van der Waals surface area contributed by atoms with E-state index in [2.05, 4.69) is 0 Å². The summed E-state index contributed by atoms with van der Waals surface area (Å²) in [7, 11) is 0. The maximum absolute atomic E-state index is 10.8. The monoisotopic (exact) mass is 140 g/mol. The molecular weight excluding hydrogens is 132 g/mol. The minimum atomic E-state index is -0.275. The quantitative estimate of drug-likeness (QED) is 0.402. The highest BCUT2D eigenvalue weighted by molar-refractivity contribution is 5.79. The number of hydrogen-bond donors (Lipinski definition) is 1. The Labute approximate surface area is 58.3 Å². The first-order valence-electron chi connectivity index (χ1n) is 3.32. The van der Waals surface area contributed by atoms with Crippen molar-refractivity contribution in [1.29, 1.82) is 0 Å². The van der Waals surface area contributed by atoms with E-state index < -0.39 is 0 Å². The summed E-state index contributed by atoms with van der Waals surface area (Å²) in [5.74, 6) is -0.0961. The summed E-state index contributed by atoms with van der Waals surface area (Å²) in [6.07, 6.45) is 3.46. The van der Waals surface area contributed by atoms with Gasteiger partial charge in [0.15, 0.2) is 0 Å². The summed E-state index contributed by atoms with van der Waals surface area (Å²) in [4.78, 5) is 10.8. The van der Waals surface area contributed by atoms with E-state index in [4.69, 9.17) is 9.84 Å². The molecule has 0 bridgehead atoms. The van der Waals surface area contributed by atoms with Crippen molar-refractivity contribution in [3.63, 3.8) is 0 Å². The number of carbonyl (C=O) groups excluding carboxylic acids is 1. The van der Waals surface area contributed by atoms with Crippen LogP contribution in [-0.4, -0.2) is 23.8 Å². The van der Waals surface area contributed by atoms with E-state index in [9.17, 15) is 4.79 Å². The van der Waals surface area contributed by atoms with E-state index in [-0.39, 0.29) is 30.5 Å². The van der Waals surface area contributed by atoms with E-state index in [0.29, 0.717) is 0 Å². The number of aliphatic hydroxyl groups excluding tert-OH is 1. The Hall–Kier alpha value is -0.830. The number of rotatable bonds is 1. The third-order valence-electron chi connectivity index (χ3n) is 2.10. The summed E-state index contributed by atoms with van der Waals surface area (Å²) >= 11 is 0. The summed E-state index contributed by atoms with van der Waals surface area (Å²) in [5.41, 5.74) is 0. The summed E-state index contributed by atoms with van der Waals surface area (Å²) < 4.78 is 4.85. The number of cyclic esters (lactones) is 1. The van der Waals surface area contributed by atoms with Gasteiger partial charge in [-0.1, -0.05) is 12.2 Å². The molecule has 1 saturated heterocycles. The highest BCUT2D eigenvalue weighted by atomic mass is 16.6. The molecule has 0 aromatic rings. The van der Waals surface area contributed by atoms with Gasteiger partial charge in [-0.25, -0.2) is 0 Å². The van der Waals surface area contributed by atoms with Crippen molar-refractivity contribution in [3.8, 4) is 0 Å². The molecule has 0 radical (unpaired) electrons. The Morgan fingerprint density at radius 3 is 2.70 bits per heavy atom. The fourth-order valence-corrected chi connectivity index (χ4v) is 1.41. The Balaban J connectivity index is 2.17. The minimum Gasteiger partial charge on any atom is -0.459 e. The van der Waals surface area contributed by atoms with Crippen LogP contribution in [0.15, 0.2) is 12.2 Å². The second-order valence-electron chi connectivity index (χ2n) is 2.65. The number of carbonyl (C=O) groups is 1. The number of ether oxygens (including phenoxy) is 1. The van der Waals surface area contributed by atoms with Crippen LogP contribution in [0.1, 0.15) is 0 Å². The molecule has 1 N–H and O–H groups in total. The van der Waals surface area contributed by atoms with Crippen molar-refractivity contribution in [1.82, 2.24) is 0 Å². The van der Waals surface area contributed by atoms with Crippen LogP contribution in [0.4, 0.5) is 0 Å². The topological polar surface area (TPSA) is 46.5 Å². The highest BCUT2D eigenvalue weighted by Gasteiger charge is 2.45. The smallest absolute Gasteiger partial charge is 0.313 e. The van der Waals surface area contributed by atoms with Crippen LogP contribution in [0.3, 0.4) is 0 Å². The Kier molecular flexibility index (Phi) is 1.08. The molecule has 0 aromatic heterocycles. The molecule has 0 amide bonds. The van der Waals surface area contributed by atoms with Gasteiger partial charge < -0.3 is 9.84 Å². The molecule has 3 heteroatoms. The van der Waals surface area contributed by atoms with Crippen molar-refractivity contribution in [2.24, 2.45) is 11.8 Å². The van der Waals surface area contributed by atoms with Crippen LogP contribution in [0.5, 0.6) is 0 Å². The lowest BCUT2D eigenvalue weighted by Gasteiger charge is -2.19. The molecule has 10 heavy (non-hydrogen) atoms. The van der Waals surface area contributed by atoms with Crippen molar-refractivity contribution in [2.45, 2.75) is 6.10 Å². The predicted octanol–water partition coefficient (Wildman–Crippen LogP) is -0.294. The molecular formula is C7H8O3. The second-order valence-corrected chi connectivity index (χ2v) is 2.65. The van der Waals surface area contributed by atoms with Crippen LogP contribution in [0, 0.1) is 11.8 Å². The summed E-state index contributed by atoms with van der Waals surface area (Å²) in [6.45, 7) is -0.0583. The summed E-state index contributed by atoms with van der Waals surface area (Å²) in [5, 5.41) is 8.69. The molecule has 1 heterocycles. The van der Waals surface area contributed by atoms with Crippen molar-refractivity contribution < 1.29 is 14.6 Å². The molecule has 0 unspecified atom stereocenters. The molecule has 54 valence electrons. The largest absolute Gasteiger partial charge is 0.459 e. The lowest BCUT2D eigenvalue weighted by molar-refractivity contribution is -0.144. The van der Waals surface area contributed by atoms with Crippen LogP contribution in [0.25, 0.3) is 0 Å². The van der Waals surface area contributed by atoms with Gasteiger partial charge in [0.2, 0.25) is 0 Å². The molecule has 3 nitrogen and oxygen atoms in total. The van der Waals surface area contributed by atoms with Gasteiger partial charge in [0.25, 0.3) is 0 Å². The molecule has 1 aliphatic carbocycles. The lowest BCUT2D eigenvalue weighted by atomic mass is 9.81. The average molecular weight is 140 g/mol. The molecule has 1 aliphatic heterocycles. The standard InChI is InChI=1S/C7H8O3/c8-3-6-4-1-2-5(4)7(9)10-6/h1-2,4-6,8H,3H2/t4-,5+,6-/m1/s1. The van der Waals surface area contributed by atoms with Crippen LogP contribution >= 0.6 is 0 Å². The van der Waals surface area contributed by atoms with Gasteiger partial charge >= 0.3 is 5.97 Å². The van der Waals surface area contributed by atoms with Gasteiger partial charge in [0.1, 0.15) is 6.10 Å². The van der Waals surface area contributed by atoms with Gasteiger partial charge in [0, 0.05) is 5.92 Å². The average Bonchev–Trinajstić information content (AvgIpc) is 2.02. The maximum atomic E-state index is 10.8. The Morgan fingerprint density at radius 1 is 1.60 bits per heavy atom. The zero-order chi connectivity index (χ0) is 7.14. The van der Waals surface area contributed by atoms with Crippen LogP contribution in [-0.2, 0) is 9.53 Å². The van der Waals surface area contributed by atoms with Crippen molar-refractivity contribution in [2.75, 3.05) is 6.61 Å². The zero-order valence-corrected chi connectivity index (χ0v) is 5.36. The molecule has 2 rings (SSSR count). The van der Waals surface area contributed by atoms with E-state index in [1.54, 1.807) is 0 Å². The van der Waals surface area contributed by atoms with Gasteiger partial charge in [0.05, 0.1) is 12.5 Å². The second kappa shape index (κ2) is 1.83. The van der Waals surface area contributed by atoms with Gasteiger partial charge in [-0.3, -0.25) is 4.79 Å². The molecule has 2 aliphatic rings. The van der Waals surface area contributed by atoms with Crippen LogP contribution < -0.4 is 0 Å². The number of esters is 1. The number of hydrogen-bond acceptors (Lipinski definition) is 3. The predicted molar refractivity (Wildman–Crippen MR) is 33.1 cm³/mol. The third kappa shape index (κ3) is 0.555. The van der Waals surface area contributed by atoms with E-state index >= 15 is 0 Å². The molecule has 3 atom stereocenters. The number of fused-ring (bicyclic) bond motifs is 1. The van der Waals surface area contributed by atoms with E-state index in [1.165, 1.54) is 0 Å². The highest BCUT2D eigenvalue weighted by Crippen LogP contribution is 2.37. The Bertz CT molecular complexity index is 197.